The van der Waals surface area contributed by atoms with Gasteiger partial charge in [-0.2, -0.15) is 0 Å². The van der Waals surface area contributed by atoms with Crippen LogP contribution < -0.4 is 11.5 Å². The van der Waals surface area contributed by atoms with Crippen molar-refractivity contribution < 1.29 is 5.11 Å². The summed E-state index contributed by atoms with van der Waals surface area (Å²) < 4.78 is 0. The van der Waals surface area contributed by atoms with Gasteiger partial charge in [0.05, 0.1) is 0 Å². The van der Waals surface area contributed by atoms with Crippen LogP contribution in [0.3, 0.4) is 0 Å². The van der Waals surface area contributed by atoms with Crippen LogP contribution in [0.2, 0.25) is 0 Å². The van der Waals surface area contributed by atoms with E-state index in [1.165, 1.54) is 0 Å². The fourth-order valence-electron chi connectivity index (χ4n) is 1.09. The van der Waals surface area contributed by atoms with Crippen LogP contribution in [0.5, 0.6) is 5.75 Å². The monoisotopic (exact) mass is 166 g/mol. The Kier molecular flexibility index (Phi) is 2.55. The lowest BCUT2D eigenvalue weighted by Crippen LogP contribution is -2.09. The number of phenols is 1. The molecule has 1 atom stereocenters. The quantitative estimate of drug-likeness (QED) is 0.459. The summed E-state index contributed by atoms with van der Waals surface area (Å²) in [7, 11) is 0. The predicted molar refractivity (Wildman–Crippen MR) is 49.7 cm³/mol. The minimum Gasteiger partial charge on any atom is -0.508 e. The van der Waals surface area contributed by atoms with Crippen molar-refractivity contribution in [1.82, 2.24) is 0 Å². The van der Waals surface area contributed by atoms with Crippen molar-refractivity contribution in [2.24, 2.45) is 5.73 Å². The maximum absolute atomic E-state index is 9.40. The molecule has 12 heavy (non-hydrogen) atoms. The highest BCUT2D eigenvalue weighted by Crippen LogP contribution is 2.26. The molecule has 0 radical (unpaired) electrons. The number of benzene rings is 1. The molecule has 0 fully saturated rings. The number of rotatable bonds is 2. The molecule has 1 rings (SSSR count). The Morgan fingerprint density at radius 3 is 2.75 bits per heavy atom. The van der Waals surface area contributed by atoms with Crippen molar-refractivity contribution >= 4 is 5.69 Å². The van der Waals surface area contributed by atoms with Crippen LogP contribution >= 0.6 is 0 Å². The van der Waals surface area contributed by atoms with Crippen molar-refractivity contribution in [3.8, 4) is 5.75 Å². The Bertz CT molecular complexity index is 273. The van der Waals surface area contributed by atoms with E-state index in [4.69, 9.17) is 11.5 Å². The molecule has 3 heteroatoms. The zero-order valence-corrected chi connectivity index (χ0v) is 7.12. The summed E-state index contributed by atoms with van der Waals surface area (Å²) in [6.45, 7) is 1.97. The van der Waals surface area contributed by atoms with Gasteiger partial charge in [-0.25, -0.2) is 0 Å². The Balaban J connectivity index is 3.04. The molecule has 0 amide bonds. The first kappa shape index (κ1) is 8.87. The molecule has 66 valence electrons. The molecule has 5 N–H and O–H groups in total. The first-order chi connectivity index (χ1) is 5.65. The number of nitrogens with two attached hydrogens (primary N) is 2. The molecular weight excluding hydrogens is 152 g/mol. The van der Waals surface area contributed by atoms with Gasteiger partial charge in [0.2, 0.25) is 0 Å². The molecule has 0 saturated heterocycles. The summed E-state index contributed by atoms with van der Waals surface area (Å²) in [6, 6.07) is 4.80. The lowest BCUT2D eigenvalue weighted by atomic mass is 10.0. The smallest absolute Gasteiger partial charge is 0.120 e. The maximum atomic E-state index is 9.40. The van der Waals surface area contributed by atoms with Gasteiger partial charge in [0.1, 0.15) is 5.75 Å². The molecule has 0 aliphatic heterocycles. The Morgan fingerprint density at radius 1 is 1.50 bits per heavy atom. The summed E-state index contributed by atoms with van der Waals surface area (Å²) in [4.78, 5) is 0. The van der Waals surface area contributed by atoms with Crippen LogP contribution in [0.4, 0.5) is 5.69 Å². The third-order valence-electron chi connectivity index (χ3n) is 1.89. The Morgan fingerprint density at radius 2 is 2.17 bits per heavy atom. The summed E-state index contributed by atoms with van der Waals surface area (Å²) in [5, 5.41) is 9.40. The second-order valence-electron chi connectivity index (χ2n) is 2.83. The van der Waals surface area contributed by atoms with E-state index in [1.54, 1.807) is 18.2 Å². The molecule has 0 bridgehead atoms. The number of nitrogen functional groups attached to an aromatic ring is 1. The van der Waals surface area contributed by atoms with Gasteiger partial charge in [0.15, 0.2) is 0 Å². The van der Waals surface area contributed by atoms with E-state index in [0.717, 1.165) is 12.0 Å². The molecule has 0 aromatic heterocycles. The van der Waals surface area contributed by atoms with Gasteiger partial charge < -0.3 is 16.6 Å². The topological polar surface area (TPSA) is 72.3 Å². The summed E-state index contributed by atoms with van der Waals surface area (Å²) in [5.41, 5.74) is 12.7. The minimum atomic E-state index is -0.131. The maximum Gasteiger partial charge on any atom is 0.120 e. The average Bonchev–Trinajstić information content (AvgIpc) is 2.08. The molecule has 0 heterocycles. The molecule has 1 aromatic rings. The van der Waals surface area contributed by atoms with Crippen LogP contribution in [-0.2, 0) is 0 Å². The summed E-state index contributed by atoms with van der Waals surface area (Å²) in [6.07, 6.45) is 0.789. The molecule has 0 unspecified atom stereocenters. The van der Waals surface area contributed by atoms with Crippen LogP contribution in [-0.4, -0.2) is 5.11 Å². The molecule has 3 nitrogen and oxygen atoms in total. The fourth-order valence-corrected chi connectivity index (χ4v) is 1.09. The average molecular weight is 166 g/mol. The number of phenolic OH excluding ortho intramolecular Hbond substituents is 1. The van der Waals surface area contributed by atoms with E-state index in [0.29, 0.717) is 5.69 Å². The predicted octanol–water partition coefficient (Wildman–Crippen LogP) is 1.38. The van der Waals surface area contributed by atoms with Gasteiger partial charge in [-0.15, -0.1) is 0 Å². The number of aromatic hydroxyl groups is 1. The van der Waals surface area contributed by atoms with E-state index in [1.807, 2.05) is 6.92 Å². The Labute approximate surface area is 72.0 Å². The van der Waals surface area contributed by atoms with Gasteiger partial charge in [0, 0.05) is 17.3 Å². The summed E-state index contributed by atoms with van der Waals surface area (Å²) in [5.74, 6) is 0.221. The van der Waals surface area contributed by atoms with Crippen LogP contribution in [0.25, 0.3) is 0 Å². The molecule has 1 aromatic carbocycles. The van der Waals surface area contributed by atoms with E-state index in [9.17, 15) is 5.11 Å². The third kappa shape index (κ3) is 1.68. The van der Waals surface area contributed by atoms with E-state index in [-0.39, 0.29) is 11.8 Å². The first-order valence-corrected chi connectivity index (χ1v) is 3.99. The van der Waals surface area contributed by atoms with Crippen LogP contribution in [0, 0.1) is 0 Å². The van der Waals surface area contributed by atoms with Gasteiger partial charge in [-0.3, -0.25) is 0 Å². The second-order valence-corrected chi connectivity index (χ2v) is 2.83. The van der Waals surface area contributed by atoms with E-state index >= 15 is 0 Å². The molecule has 0 aliphatic rings. The number of anilines is 1. The van der Waals surface area contributed by atoms with Crippen molar-refractivity contribution in [2.45, 2.75) is 19.4 Å². The molecule has 0 spiro atoms. The van der Waals surface area contributed by atoms with Crippen LogP contribution in [0.15, 0.2) is 18.2 Å². The van der Waals surface area contributed by atoms with Crippen LogP contribution in [0.1, 0.15) is 24.9 Å². The zero-order valence-electron chi connectivity index (χ0n) is 7.12. The molecular formula is C9H14N2O. The minimum absolute atomic E-state index is 0.131. The lowest BCUT2D eigenvalue weighted by molar-refractivity contribution is 0.460. The number of hydrogen-bond acceptors (Lipinski definition) is 3. The van der Waals surface area contributed by atoms with Crippen molar-refractivity contribution in [2.75, 3.05) is 5.73 Å². The van der Waals surface area contributed by atoms with Crippen molar-refractivity contribution in [1.29, 1.82) is 0 Å². The largest absolute Gasteiger partial charge is 0.508 e. The second kappa shape index (κ2) is 3.45. The van der Waals surface area contributed by atoms with Crippen molar-refractivity contribution in [3.63, 3.8) is 0 Å². The first-order valence-electron chi connectivity index (χ1n) is 3.99. The zero-order chi connectivity index (χ0) is 9.14. The summed E-state index contributed by atoms with van der Waals surface area (Å²) >= 11 is 0. The highest BCUT2D eigenvalue weighted by atomic mass is 16.3. The normalized spacial score (nSPS) is 12.8. The SMILES string of the molecule is CC[C@H](N)c1cc(N)ccc1O. The van der Waals surface area contributed by atoms with Gasteiger partial charge in [-0.1, -0.05) is 6.92 Å². The van der Waals surface area contributed by atoms with Gasteiger partial charge >= 0.3 is 0 Å². The highest BCUT2D eigenvalue weighted by Gasteiger charge is 2.08. The Hall–Kier alpha value is -1.22. The van der Waals surface area contributed by atoms with E-state index < -0.39 is 0 Å². The molecule has 0 aliphatic carbocycles. The van der Waals surface area contributed by atoms with E-state index in [2.05, 4.69) is 0 Å². The number of hydrogen-bond donors (Lipinski definition) is 3. The van der Waals surface area contributed by atoms with Crippen molar-refractivity contribution in [3.05, 3.63) is 23.8 Å². The molecule has 0 saturated carbocycles. The third-order valence-corrected chi connectivity index (χ3v) is 1.89. The fraction of sp³-hybridized carbons (Fsp3) is 0.333. The lowest BCUT2D eigenvalue weighted by Gasteiger charge is -2.11. The van der Waals surface area contributed by atoms with Gasteiger partial charge in [0.25, 0.3) is 0 Å². The van der Waals surface area contributed by atoms with Gasteiger partial charge in [-0.05, 0) is 24.6 Å². The highest BCUT2D eigenvalue weighted by molar-refractivity contribution is 5.48. The standard InChI is InChI=1S/C9H14N2O/c1-2-8(11)7-5-6(10)3-4-9(7)12/h3-5,8,12H,2,10-11H2,1H3/t8-/m0/s1.